The van der Waals surface area contributed by atoms with E-state index in [0.717, 1.165) is 0 Å². The second-order valence-electron chi connectivity index (χ2n) is 3.38. The first-order valence-electron chi connectivity index (χ1n) is 4.95. The standard InChI is InChI=1S/C11H12N2O4/c1-15-7-4-6-8(12-5-13-11(6)14)10(17-3)9(7)16-2/h4-6H,1-3H3. The van der Waals surface area contributed by atoms with E-state index >= 15 is 0 Å². The summed E-state index contributed by atoms with van der Waals surface area (Å²) in [7, 11) is 4.49. The number of carbonyl (C=O) groups is 1. The zero-order valence-corrected chi connectivity index (χ0v) is 9.76. The SMILES string of the molecule is COC1=CC2C(=O)N=CN=C2C(OC)=C1OC. The largest absolute Gasteiger partial charge is 0.493 e. The summed E-state index contributed by atoms with van der Waals surface area (Å²) in [5.41, 5.74) is 0.491. The first-order valence-corrected chi connectivity index (χ1v) is 4.95. The van der Waals surface area contributed by atoms with Crippen LogP contribution in [0.4, 0.5) is 0 Å². The molecule has 0 aromatic carbocycles. The van der Waals surface area contributed by atoms with Gasteiger partial charge >= 0.3 is 0 Å². The molecular weight excluding hydrogens is 224 g/mol. The van der Waals surface area contributed by atoms with Crippen molar-refractivity contribution >= 4 is 18.0 Å². The predicted molar refractivity (Wildman–Crippen MR) is 60.6 cm³/mol. The maximum atomic E-state index is 11.6. The number of methoxy groups -OCH3 is 3. The fourth-order valence-electron chi connectivity index (χ4n) is 1.78. The molecule has 0 saturated carbocycles. The number of carbonyl (C=O) groups excluding carboxylic acids is 1. The molecule has 0 radical (unpaired) electrons. The van der Waals surface area contributed by atoms with Crippen molar-refractivity contribution < 1.29 is 19.0 Å². The van der Waals surface area contributed by atoms with Crippen LogP contribution in [0.1, 0.15) is 0 Å². The second-order valence-corrected chi connectivity index (χ2v) is 3.38. The Balaban J connectivity index is 2.56. The van der Waals surface area contributed by atoms with E-state index in [1.54, 1.807) is 6.08 Å². The Hall–Kier alpha value is -2.11. The van der Waals surface area contributed by atoms with E-state index in [9.17, 15) is 4.79 Å². The van der Waals surface area contributed by atoms with Gasteiger partial charge in [-0.3, -0.25) is 4.79 Å². The lowest BCUT2D eigenvalue weighted by atomic mass is 9.93. The van der Waals surface area contributed by atoms with E-state index in [2.05, 4.69) is 9.98 Å². The van der Waals surface area contributed by atoms with Gasteiger partial charge in [-0.25, -0.2) is 9.98 Å². The van der Waals surface area contributed by atoms with Gasteiger partial charge in [-0.1, -0.05) is 0 Å². The third kappa shape index (κ3) is 1.71. The van der Waals surface area contributed by atoms with Gasteiger partial charge in [0.1, 0.15) is 18.0 Å². The van der Waals surface area contributed by atoms with Crippen LogP contribution in [-0.4, -0.2) is 39.3 Å². The quantitative estimate of drug-likeness (QED) is 0.721. The van der Waals surface area contributed by atoms with Gasteiger partial charge in [0.2, 0.25) is 5.76 Å². The van der Waals surface area contributed by atoms with Crippen LogP contribution in [-0.2, 0) is 19.0 Å². The molecule has 1 aliphatic heterocycles. The summed E-state index contributed by atoms with van der Waals surface area (Å²) in [6.07, 6.45) is 2.84. The van der Waals surface area contributed by atoms with Gasteiger partial charge in [-0.05, 0) is 6.08 Å². The Labute approximate surface area is 98.3 Å². The zero-order valence-electron chi connectivity index (χ0n) is 9.76. The molecule has 6 nitrogen and oxygen atoms in total. The monoisotopic (exact) mass is 236 g/mol. The molecule has 0 aromatic heterocycles. The lowest BCUT2D eigenvalue weighted by Gasteiger charge is -2.25. The fourth-order valence-corrected chi connectivity index (χ4v) is 1.78. The summed E-state index contributed by atoms with van der Waals surface area (Å²) < 4.78 is 15.6. The molecule has 0 saturated heterocycles. The van der Waals surface area contributed by atoms with Crippen molar-refractivity contribution in [1.82, 2.24) is 0 Å². The van der Waals surface area contributed by atoms with Crippen molar-refractivity contribution in [2.75, 3.05) is 21.3 Å². The van der Waals surface area contributed by atoms with E-state index in [-0.39, 0.29) is 5.91 Å². The molecule has 1 amide bonds. The molecule has 90 valence electrons. The van der Waals surface area contributed by atoms with E-state index in [4.69, 9.17) is 14.2 Å². The first kappa shape index (κ1) is 11.4. The average Bonchev–Trinajstić information content (AvgIpc) is 2.36. The third-order valence-electron chi connectivity index (χ3n) is 2.55. The fraction of sp³-hybridized carbons (Fsp3) is 0.364. The molecule has 0 aromatic rings. The number of allylic oxidation sites excluding steroid dienone is 1. The highest BCUT2D eigenvalue weighted by Gasteiger charge is 2.36. The summed E-state index contributed by atoms with van der Waals surface area (Å²) in [6, 6.07) is 0. The number of hydrogen-bond acceptors (Lipinski definition) is 5. The summed E-state index contributed by atoms with van der Waals surface area (Å²) in [5.74, 6) is 0.404. The maximum absolute atomic E-state index is 11.6. The molecular formula is C11H12N2O4. The van der Waals surface area contributed by atoms with Gasteiger partial charge in [0, 0.05) is 0 Å². The Morgan fingerprint density at radius 1 is 1.12 bits per heavy atom. The molecule has 0 bridgehead atoms. The molecule has 2 aliphatic rings. The van der Waals surface area contributed by atoms with Crippen LogP contribution in [0.5, 0.6) is 0 Å². The summed E-state index contributed by atoms with van der Waals surface area (Å²) in [4.78, 5) is 19.3. The number of amides is 1. The number of rotatable bonds is 3. The average molecular weight is 236 g/mol. The van der Waals surface area contributed by atoms with Crippen LogP contribution in [0.25, 0.3) is 0 Å². The summed E-state index contributed by atoms with van der Waals surface area (Å²) in [6.45, 7) is 0. The van der Waals surface area contributed by atoms with Crippen molar-refractivity contribution in [1.29, 1.82) is 0 Å². The van der Waals surface area contributed by atoms with Crippen LogP contribution in [0.15, 0.2) is 33.3 Å². The molecule has 1 aliphatic carbocycles. The highest BCUT2D eigenvalue weighted by molar-refractivity contribution is 6.20. The Kier molecular flexibility index (Phi) is 2.95. The second kappa shape index (κ2) is 4.40. The van der Waals surface area contributed by atoms with Crippen molar-refractivity contribution in [3.05, 3.63) is 23.4 Å². The lowest BCUT2D eigenvalue weighted by Crippen LogP contribution is -2.31. The van der Waals surface area contributed by atoms with Crippen molar-refractivity contribution in [3.8, 4) is 0 Å². The molecule has 1 heterocycles. The highest BCUT2D eigenvalue weighted by atomic mass is 16.5. The molecule has 0 N–H and O–H groups in total. The number of ether oxygens (including phenoxy) is 3. The predicted octanol–water partition coefficient (Wildman–Crippen LogP) is 0.660. The van der Waals surface area contributed by atoms with E-state index in [1.165, 1.54) is 27.7 Å². The first-order chi connectivity index (χ1) is 8.22. The third-order valence-corrected chi connectivity index (χ3v) is 2.55. The maximum Gasteiger partial charge on any atom is 0.260 e. The lowest BCUT2D eigenvalue weighted by molar-refractivity contribution is -0.118. The van der Waals surface area contributed by atoms with Gasteiger partial charge in [0.25, 0.3) is 5.91 Å². The van der Waals surface area contributed by atoms with Crippen molar-refractivity contribution in [3.63, 3.8) is 0 Å². The Morgan fingerprint density at radius 2 is 1.82 bits per heavy atom. The van der Waals surface area contributed by atoms with Gasteiger partial charge in [0.05, 0.1) is 21.3 Å². The Bertz CT molecular complexity index is 474. The molecule has 0 spiro atoms. The van der Waals surface area contributed by atoms with E-state index in [0.29, 0.717) is 23.0 Å². The van der Waals surface area contributed by atoms with E-state index in [1.807, 2.05) is 0 Å². The number of hydrogen-bond donors (Lipinski definition) is 0. The topological polar surface area (TPSA) is 69.5 Å². The van der Waals surface area contributed by atoms with Crippen molar-refractivity contribution in [2.45, 2.75) is 0 Å². The molecule has 17 heavy (non-hydrogen) atoms. The Morgan fingerprint density at radius 3 is 2.41 bits per heavy atom. The van der Waals surface area contributed by atoms with E-state index < -0.39 is 5.92 Å². The van der Waals surface area contributed by atoms with Crippen LogP contribution in [0.2, 0.25) is 0 Å². The molecule has 1 atom stereocenters. The normalized spacial score (nSPS) is 22.8. The van der Waals surface area contributed by atoms with Gasteiger partial charge in [-0.15, -0.1) is 0 Å². The van der Waals surface area contributed by atoms with Crippen LogP contribution >= 0.6 is 0 Å². The number of fused-ring (bicyclic) bond motifs is 1. The summed E-state index contributed by atoms with van der Waals surface area (Å²) >= 11 is 0. The molecule has 0 fully saturated rings. The van der Waals surface area contributed by atoms with Crippen LogP contribution < -0.4 is 0 Å². The zero-order chi connectivity index (χ0) is 12.4. The molecule has 1 unspecified atom stereocenters. The van der Waals surface area contributed by atoms with Gasteiger partial charge in [-0.2, -0.15) is 0 Å². The minimum atomic E-state index is -0.566. The highest BCUT2D eigenvalue weighted by Crippen LogP contribution is 2.30. The molecule has 2 rings (SSSR count). The smallest absolute Gasteiger partial charge is 0.260 e. The van der Waals surface area contributed by atoms with Gasteiger partial charge < -0.3 is 14.2 Å². The van der Waals surface area contributed by atoms with Crippen LogP contribution in [0.3, 0.4) is 0 Å². The summed E-state index contributed by atoms with van der Waals surface area (Å²) in [5, 5.41) is 0. The van der Waals surface area contributed by atoms with Crippen LogP contribution in [0, 0.1) is 5.92 Å². The van der Waals surface area contributed by atoms with Crippen molar-refractivity contribution in [2.24, 2.45) is 15.9 Å². The minimum Gasteiger partial charge on any atom is -0.493 e. The minimum absolute atomic E-state index is 0.297. The molecule has 6 heteroatoms. The number of nitrogens with zero attached hydrogens (tertiary/aromatic N) is 2. The number of aliphatic imine (C=N–C) groups is 2. The van der Waals surface area contributed by atoms with Gasteiger partial charge in [0.15, 0.2) is 11.5 Å².